The van der Waals surface area contributed by atoms with Gasteiger partial charge in [0.1, 0.15) is 5.75 Å². The lowest BCUT2D eigenvalue weighted by Crippen LogP contribution is -2.12. The van der Waals surface area contributed by atoms with Crippen LogP contribution in [-0.4, -0.2) is 0 Å². The predicted octanol–water partition coefficient (Wildman–Crippen LogP) is 4.64. The lowest BCUT2D eigenvalue weighted by atomic mass is 9.86. The van der Waals surface area contributed by atoms with E-state index in [1.54, 1.807) is 0 Å². The molecule has 0 unspecified atom stereocenters. The zero-order chi connectivity index (χ0) is 11.5. The first-order valence-corrected chi connectivity index (χ1v) is 5.50. The molecule has 0 bridgehead atoms. The van der Waals surface area contributed by atoms with Crippen LogP contribution in [0.25, 0.3) is 0 Å². The van der Waals surface area contributed by atoms with Gasteiger partial charge in [-0.1, -0.05) is 50.6 Å². The zero-order valence-corrected chi connectivity index (χ0v) is 10.6. The fraction of sp³-hybridized carbons (Fsp3) is 0.333. The molecule has 1 aromatic rings. The van der Waals surface area contributed by atoms with E-state index in [0.29, 0.717) is 0 Å². The summed E-state index contributed by atoms with van der Waals surface area (Å²) in [5.74, 6) is 0.743. The maximum Gasteiger partial charge on any atom is 0.205 e. The van der Waals surface area contributed by atoms with Crippen molar-refractivity contribution in [2.75, 3.05) is 0 Å². The molecule has 0 fully saturated rings. The van der Waals surface area contributed by atoms with Crippen molar-refractivity contribution in [2.24, 2.45) is 0 Å². The van der Waals surface area contributed by atoms with Gasteiger partial charge in [0.05, 0.1) is 5.54 Å². The van der Waals surface area contributed by atoms with Gasteiger partial charge in [0, 0.05) is 5.56 Å². The third-order valence-electron chi connectivity index (χ3n) is 1.99. The summed E-state index contributed by atoms with van der Waals surface area (Å²) in [6.45, 7) is 6.36. The van der Waals surface area contributed by atoms with E-state index in [-0.39, 0.29) is 10.6 Å². The van der Waals surface area contributed by atoms with Crippen molar-refractivity contribution in [1.82, 2.24) is 0 Å². The summed E-state index contributed by atoms with van der Waals surface area (Å²) in [7, 11) is 0. The molecule has 82 valence electrons. The molecule has 0 aliphatic rings. The Labute approximate surface area is 101 Å². The summed E-state index contributed by atoms with van der Waals surface area (Å²) in [6, 6.07) is 7.78. The quantitative estimate of drug-likeness (QED) is 0.689. The normalized spacial score (nSPS) is 12.7. The number of rotatable bonds is 2. The minimum atomic E-state index is 0.0140. The second-order valence-corrected chi connectivity index (χ2v) is 4.85. The van der Waals surface area contributed by atoms with Crippen LogP contribution < -0.4 is 4.74 Å². The molecular weight excluding hydrogens is 231 g/mol. The van der Waals surface area contributed by atoms with E-state index >= 15 is 0 Å². The van der Waals surface area contributed by atoms with Crippen molar-refractivity contribution in [3.63, 3.8) is 0 Å². The van der Waals surface area contributed by atoms with Crippen LogP contribution in [0.1, 0.15) is 26.3 Å². The molecule has 0 radical (unpaired) electrons. The van der Waals surface area contributed by atoms with E-state index in [1.165, 1.54) is 5.54 Å². The van der Waals surface area contributed by atoms with Crippen LogP contribution in [0.4, 0.5) is 0 Å². The standard InChI is InChI=1S/C12H14Cl2O/c1-12(2,3)9-6-4-5-7-10(9)15-11(14)8-13/h4-8H,1-3H3/b11-8+. The molecule has 0 saturated heterocycles. The summed E-state index contributed by atoms with van der Waals surface area (Å²) >= 11 is 11.2. The molecule has 0 atom stereocenters. The van der Waals surface area contributed by atoms with Crippen LogP contribution >= 0.6 is 23.2 Å². The first-order chi connectivity index (χ1) is 6.95. The smallest absolute Gasteiger partial charge is 0.205 e. The molecule has 0 heterocycles. The molecule has 0 aliphatic heterocycles. The van der Waals surface area contributed by atoms with Gasteiger partial charge in [0.2, 0.25) is 5.22 Å². The van der Waals surface area contributed by atoms with Crippen molar-refractivity contribution in [1.29, 1.82) is 0 Å². The molecule has 0 spiro atoms. The third kappa shape index (κ3) is 3.44. The Morgan fingerprint density at radius 3 is 2.40 bits per heavy atom. The largest absolute Gasteiger partial charge is 0.444 e. The number of halogens is 2. The van der Waals surface area contributed by atoms with E-state index < -0.39 is 0 Å². The number of hydrogen-bond donors (Lipinski definition) is 0. The van der Waals surface area contributed by atoms with E-state index in [0.717, 1.165) is 11.3 Å². The highest BCUT2D eigenvalue weighted by molar-refractivity contribution is 6.35. The predicted molar refractivity (Wildman–Crippen MR) is 65.6 cm³/mol. The third-order valence-corrected chi connectivity index (χ3v) is 2.48. The van der Waals surface area contributed by atoms with Gasteiger partial charge in [-0.05, 0) is 23.1 Å². The molecule has 0 aliphatic carbocycles. The molecule has 15 heavy (non-hydrogen) atoms. The van der Waals surface area contributed by atoms with Crippen LogP contribution in [0.3, 0.4) is 0 Å². The molecule has 0 aromatic heterocycles. The number of para-hydroxylation sites is 1. The van der Waals surface area contributed by atoms with Gasteiger partial charge in [-0.15, -0.1) is 0 Å². The highest BCUT2D eigenvalue weighted by Crippen LogP contribution is 2.32. The molecule has 1 rings (SSSR count). The Kier molecular flexibility index (Phi) is 4.06. The lowest BCUT2D eigenvalue weighted by Gasteiger charge is -2.22. The van der Waals surface area contributed by atoms with Crippen molar-refractivity contribution < 1.29 is 4.74 Å². The van der Waals surface area contributed by atoms with Gasteiger partial charge in [-0.2, -0.15) is 0 Å². The number of hydrogen-bond acceptors (Lipinski definition) is 1. The molecular formula is C12H14Cl2O. The summed E-state index contributed by atoms with van der Waals surface area (Å²) in [4.78, 5) is 0. The topological polar surface area (TPSA) is 9.23 Å². The van der Waals surface area contributed by atoms with Crippen molar-refractivity contribution in [2.45, 2.75) is 26.2 Å². The van der Waals surface area contributed by atoms with Crippen LogP contribution in [0.5, 0.6) is 5.75 Å². The van der Waals surface area contributed by atoms with E-state index in [9.17, 15) is 0 Å². The maximum atomic E-state index is 5.73. The second-order valence-electron chi connectivity index (χ2n) is 4.26. The Morgan fingerprint density at radius 2 is 1.87 bits per heavy atom. The highest BCUT2D eigenvalue weighted by Gasteiger charge is 2.18. The summed E-state index contributed by atoms with van der Waals surface area (Å²) in [5, 5.41) is 0.174. The van der Waals surface area contributed by atoms with Gasteiger partial charge in [0.15, 0.2) is 0 Å². The maximum absolute atomic E-state index is 5.73. The van der Waals surface area contributed by atoms with Crippen LogP contribution in [0.2, 0.25) is 0 Å². The van der Waals surface area contributed by atoms with E-state index in [2.05, 4.69) is 20.8 Å². The Morgan fingerprint density at radius 1 is 1.27 bits per heavy atom. The average Bonchev–Trinajstić information content (AvgIpc) is 2.17. The second kappa shape index (κ2) is 4.91. The summed E-state index contributed by atoms with van der Waals surface area (Å²) in [5.41, 5.74) is 2.32. The van der Waals surface area contributed by atoms with Crippen LogP contribution in [0.15, 0.2) is 35.0 Å². The van der Waals surface area contributed by atoms with E-state index in [1.807, 2.05) is 24.3 Å². The Bertz CT molecular complexity index is 364. The van der Waals surface area contributed by atoms with Crippen molar-refractivity contribution in [3.05, 3.63) is 40.6 Å². The minimum absolute atomic E-state index is 0.0140. The fourth-order valence-electron chi connectivity index (χ4n) is 1.30. The zero-order valence-electron chi connectivity index (χ0n) is 9.05. The van der Waals surface area contributed by atoms with Crippen molar-refractivity contribution >= 4 is 23.2 Å². The molecule has 1 nitrogen and oxygen atoms in total. The molecule has 0 amide bonds. The van der Waals surface area contributed by atoms with Gasteiger partial charge >= 0.3 is 0 Å². The van der Waals surface area contributed by atoms with Gasteiger partial charge < -0.3 is 4.74 Å². The van der Waals surface area contributed by atoms with Crippen LogP contribution in [-0.2, 0) is 5.41 Å². The summed E-state index contributed by atoms with van der Waals surface area (Å²) < 4.78 is 5.42. The number of ether oxygens (including phenoxy) is 1. The minimum Gasteiger partial charge on any atom is -0.444 e. The molecule has 0 saturated carbocycles. The van der Waals surface area contributed by atoms with E-state index in [4.69, 9.17) is 27.9 Å². The van der Waals surface area contributed by atoms with Gasteiger partial charge in [0.25, 0.3) is 0 Å². The molecule has 3 heteroatoms. The Hall–Kier alpha value is -0.660. The van der Waals surface area contributed by atoms with Crippen LogP contribution in [0, 0.1) is 0 Å². The van der Waals surface area contributed by atoms with Gasteiger partial charge in [-0.25, -0.2) is 0 Å². The first-order valence-electron chi connectivity index (χ1n) is 4.68. The average molecular weight is 245 g/mol. The number of benzene rings is 1. The summed E-state index contributed by atoms with van der Waals surface area (Å²) in [6.07, 6.45) is 0. The Balaban J connectivity index is 3.08. The van der Waals surface area contributed by atoms with Crippen molar-refractivity contribution in [3.8, 4) is 5.75 Å². The SMILES string of the molecule is CC(C)(C)c1ccccc1O/C(Cl)=C/Cl. The molecule has 1 aromatic carbocycles. The monoisotopic (exact) mass is 244 g/mol. The molecule has 0 N–H and O–H groups in total. The fourth-order valence-corrected chi connectivity index (χ4v) is 1.43. The highest BCUT2D eigenvalue weighted by atomic mass is 35.5. The van der Waals surface area contributed by atoms with Gasteiger partial charge in [-0.3, -0.25) is 0 Å². The lowest BCUT2D eigenvalue weighted by molar-refractivity contribution is 0.440. The first kappa shape index (κ1) is 12.4.